The molecular formula is C15H23N3O3S. The highest BCUT2D eigenvalue weighted by Gasteiger charge is 2.10. The second-order valence-electron chi connectivity index (χ2n) is 5.47. The van der Waals surface area contributed by atoms with Gasteiger partial charge in [-0.3, -0.25) is 4.99 Å². The summed E-state index contributed by atoms with van der Waals surface area (Å²) in [5.74, 6) is 0.365. The molecule has 3 N–H and O–H groups in total. The summed E-state index contributed by atoms with van der Waals surface area (Å²) in [7, 11) is -2.97. The normalized spacial score (nSPS) is 14.9. The number of anilines is 1. The largest absolute Gasteiger partial charge is 0.378 e. The highest BCUT2D eigenvalue weighted by atomic mass is 32.2. The van der Waals surface area contributed by atoms with Crippen molar-refractivity contribution in [1.82, 2.24) is 0 Å². The Morgan fingerprint density at radius 3 is 2.86 bits per heavy atom. The average Bonchev–Trinajstić information content (AvgIpc) is 2.89. The van der Waals surface area contributed by atoms with Crippen molar-refractivity contribution in [2.75, 3.05) is 37.1 Å². The summed E-state index contributed by atoms with van der Waals surface area (Å²) in [6, 6.07) is 6.26. The molecule has 0 bridgehead atoms. The van der Waals surface area contributed by atoms with Gasteiger partial charge < -0.3 is 15.8 Å². The molecule has 122 valence electrons. The van der Waals surface area contributed by atoms with Crippen LogP contribution in [0.25, 0.3) is 0 Å². The van der Waals surface area contributed by atoms with Gasteiger partial charge in [0.15, 0.2) is 5.96 Å². The van der Waals surface area contributed by atoms with Crippen LogP contribution in [0, 0.1) is 0 Å². The Morgan fingerprint density at radius 2 is 2.09 bits per heavy atom. The smallest absolute Gasteiger partial charge is 0.193 e. The first-order valence-electron chi connectivity index (χ1n) is 7.38. The van der Waals surface area contributed by atoms with E-state index >= 15 is 0 Å². The van der Waals surface area contributed by atoms with E-state index in [-0.39, 0.29) is 12.4 Å². The lowest BCUT2D eigenvalue weighted by Gasteiger charge is -2.08. The van der Waals surface area contributed by atoms with Crippen molar-refractivity contribution < 1.29 is 13.2 Å². The van der Waals surface area contributed by atoms with Gasteiger partial charge in [0.1, 0.15) is 9.84 Å². The molecule has 0 spiro atoms. The van der Waals surface area contributed by atoms with E-state index in [4.69, 9.17) is 10.5 Å². The monoisotopic (exact) mass is 325 g/mol. The fourth-order valence-corrected chi connectivity index (χ4v) is 2.80. The number of fused-ring (bicyclic) bond motifs is 1. The van der Waals surface area contributed by atoms with Crippen LogP contribution in [0.2, 0.25) is 0 Å². The average molecular weight is 325 g/mol. The van der Waals surface area contributed by atoms with E-state index in [1.807, 2.05) is 6.07 Å². The number of guanidine groups is 1. The van der Waals surface area contributed by atoms with Crippen LogP contribution in [0.4, 0.5) is 5.69 Å². The minimum absolute atomic E-state index is 0.0274. The fraction of sp³-hybridized carbons (Fsp3) is 0.533. The van der Waals surface area contributed by atoms with Crippen LogP contribution in [0.5, 0.6) is 0 Å². The van der Waals surface area contributed by atoms with Crippen LogP contribution in [0.3, 0.4) is 0 Å². The van der Waals surface area contributed by atoms with E-state index in [9.17, 15) is 8.42 Å². The molecular weight excluding hydrogens is 302 g/mol. The predicted molar refractivity (Wildman–Crippen MR) is 89.1 cm³/mol. The van der Waals surface area contributed by atoms with Crippen molar-refractivity contribution in [2.45, 2.75) is 19.3 Å². The number of aliphatic imine (C=N–C) groups is 1. The fourth-order valence-electron chi connectivity index (χ4n) is 2.38. The molecule has 0 heterocycles. The molecule has 0 fully saturated rings. The number of hydrogen-bond donors (Lipinski definition) is 2. The first kappa shape index (κ1) is 16.8. The maximum Gasteiger partial charge on any atom is 0.193 e. The lowest BCUT2D eigenvalue weighted by atomic mass is 10.1. The number of hydrogen-bond acceptors (Lipinski definition) is 4. The van der Waals surface area contributed by atoms with Crippen molar-refractivity contribution in [2.24, 2.45) is 10.7 Å². The molecule has 22 heavy (non-hydrogen) atoms. The summed E-state index contributed by atoms with van der Waals surface area (Å²) in [5.41, 5.74) is 9.56. The Labute approximate surface area is 131 Å². The molecule has 1 aromatic rings. The SMILES string of the molecule is CS(=O)(=O)CCOCCN=C(N)Nc1ccc2c(c1)CCC2. The van der Waals surface area contributed by atoms with E-state index in [1.165, 1.54) is 23.8 Å². The molecule has 1 aliphatic carbocycles. The van der Waals surface area contributed by atoms with Crippen molar-refractivity contribution in [1.29, 1.82) is 0 Å². The van der Waals surface area contributed by atoms with Gasteiger partial charge in [0.25, 0.3) is 0 Å². The van der Waals surface area contributed by atoms with Crippen molar-refractivity contribution in [3.63, 3.8) is 0 Å². The molecule has 1 aromatic carbocycles. The first-order chi connectivity index (χ1) is 10.4. The molecule has 0 radical (unpaired) electrons. The number of aryl methyl sites for hydroxylation is 2. The van der Waals surface area contributed by atoms with Gasteiger partial charge in [-0.25, -0.2) is 8.42 Å². The number of rotatable bonds is 7. The minimum atomic E-state index is -2.97. The first-order valence-corrected chi connectivity index (χ1v) is 9.44. The standard InChI is InChI=1S/C15H23N3O3S/c1-22(19,20)10-9-21-8-7-17-15(16)18-14-6-5-12-3-2-4-13(12)11-14/h5-6,11H,2-4,7-10H2,1H3,(H3,16,17,18). The summed E-state index contributed by atoms with van der Waals surface area (Å²) < 4.78 is 27.0. The van der Waals surface area contributed by atoms with E-state index in [2.05, 4.69) is 22.4 Å². The zero-order valence-corrected chi connectivity index (χ0v) is 13.7. The quantitative estimate of drug-likeness (QED) is 0.442. The third kappa shape index (κ3) is 5.65. The van der Waals surface area contributed by atoms with Gasteiger partial charge in [-0.15, -0.1) is 0 Å². The second kappa shape index (κ2) is 7.60. The van der Waals surface area contributed by atoms with Crippen LogP contribution in [-0.4, -0.2) is 46.1 Å². The predicted octanol–water partition coefficient (Wildman–Crippen LogP) is 0.963. The number of benzene rings is 1. The maximum absolute atomic E-state index is 10.9. The Morgan fingerprint density at radius 1 is 1.32 bits per heavy atom. The lowest BCUT2D eigenvalue weighted by molar-refractivity contribution is 0.157. The number of nitrogens with zero attached hydrogens (tertiary/aromatic N) is 1. The number of nitrogens with one attached hydrogen (secondary N) is 1. The number of ether oxygens (including phenoxy) is 1. The molecule has 1 aliphatic rings. The van der Waals surface area contributed by atoms with Gasteiger partial charge in [-0.1, -0.05) is 6.07 Å². The Bertz CT molecular complexity index is 641. The molecule has 0 unspecified atom stereocenters. The van der Waals surface area contributed by atoms with E-state index in [1.54, 1.807) is 0 Å². The summed E-state index contributed by atoms with van der Waals surface area (Å²) in [5, 5.41) is 3.06. The van der Waals surface area contributed by atoms with Crippen molar-refractivity contribution in [3.8, 4) is 0 Å². The Kier molecular flexibility index (Phi) is 5.79. The summed E-state index contributed by atoms with van der Waals surface area (Å²) >= 11 is 0. The molecule has 0 saturated heterocycles. The van der Waals surface area contributed by atoms with Crippen molar-refractivity contribution in [3.05, 3.63) is 29.3 Å². The maximum atomic E-state index is 10.9. The van der Waals surface area contributed by atoms with Gasteiger partial charge in [0.05, 0.1) is 25.5 Å². The Balaban J connectivity index is 1.71. The van der Waals surface area contributed by atoms with E-state index in [0.717, 1.165) is 18.5 Å². The molecule has 0 aromatic heterocycles. The van der Waals surface area contributed by atoms with Gasteiger partial charge in [0, 0.05) is 11.9 Å². The summed E-state index contributed by atoms with van der Waals surface area (Å²) in [6.45, 7) is 0.933. The molecule has 0 aliphatic heterocycles. The van der Waals surface area contributed by atoms with Crippen LogP contribution >= 0.6 is 0 Å². The topological polar surface area (TPSA) is 93.8 Å². The lowest BCUT2D eigenvalue weighted by Crippen LogP contribution is -2.23. The molecule has 7 heteroatoms. The van der Waals surface area contributed by atoms with Gasteiger partial charge in [-0.05, 0) is 42.5 Å². The third-order valence-corrected chi connectivity index (χ3v) is 4.40. The van der Waals surface area contributed by atoms with Gasteiger partial charge in [0.2, 0.25) is 0 Å². The van der Waals surface area contributed by atoms with Crippen LogP contribution in [0.1, 0.15) is 17.5 Å². The summed E-state index contributed by atoms with van der Waals surface area (Å²) in [6.07, 6.45) is 4.68. The summed E-state index contributed by atoms with van der Waals surface area (Å²) in [4.78, 5) is 4.16. The van der Waals surface area contributed by atoms with Gasteiger partial charge in [-0.2, -0.15) is 0 Å². The van der Waals surface area contributed by atoms with Crippen LogP contribution in [0.15, 0.2) is 23.2 Å². The highest BCUT2D eigenvalue weighted by Crippen LogP contribution is 2.24. The zero-order chi connectivity index (χ0) is 16.0. The minimum Gasteiger partial charge on any atom is -0.378 e. The molecule has 2 rings (SSSR count). The number of sulfone groups is 1. The zero-order valence-electron chi connectivity index (χ0n) is 12.8. The highest BCUT2D eigenvalue weighted by molar-refractivity contribution is 7.90. The molecule has 6 nitrogen and oxygen atoms in total. The second-order valence-corrected chi connectivity index (χ2v) is 7.73. The van der Waals surface area contributed by atoms with Crippen LogP contribution < -0.4 is 11.1 Å². The van der Waals surface area contributed by atoms with Crippen LogP contribution in [-0.2, 0) is 27.4 Å². The molecule has 0 saturated carbocycles. The van der Waals surface area contributed by atoms with E-state index in [0.29, 0.717) is 19.1 Å². The van der Waals surface area contributed by atoms with E-state index < -0.39 is 9.84 Å². The van der Waals surface area contributed by atoms with Crippen molar-refractivity contribution >= 4 is 21.5 Å². The Hall–Kier alpha value is -1.60. The molecule has 0 amide bonds. The van der Waals surface area contributed by atoms with Gasteiger partial charge >= 0.3 is 0 Å². The third-order valence-electron chi connectivity index (χ3n) is 3.49. The number of nitrogens with two attached hydrogens (primary N) is 1. The molecule has 0 atom stereocenters.